The number of esters is 4. The van der Waals surface area contributed by atoms with Gasteiger partial charge < -0.3 is 29.0 Å². The molecule has 1 atom stereocenters. The minimum Gasteiger partial charge on any atom is -0.445 e. The van der Waals surface area contributed by atoms with E-state index in [1.165, 1.54) is 0 Å². The Balaban J connectivity index is 2.64. The summed E-state index contributed by atoms with van der Waals surface area (Å²) in [6.07, 6.45) is -1.44. The van der Waals surface area contributed by atoms with Crippen LogP contribution >= 0.6 is 0 Å². The molecule has 0 spiro atoms. The zero-order valence-electron chi connectivity index (χ0n) is 21.6. The van der Waals surface area contributed by atoms with Gasteiger partial charge in [0.05, 0.1) is 10.8 Å². The fraction of sp³-hybridized carbons (Fsp3) is 0.560. The Kier molecular flexibility index (Phi) is 11.9. The van der Waals surface area contributed by atoms with E-state index in [9.17, 15) is 24.0 Å². The van der Waals surface area contributed by atoms with E-state index < -0.39 is 60.4 Å². The molecule has 0 aromatic heterocycles. The van der Waals surface area contributed by atoms with Gasteiger partial charge in [0, 0.05) is 6.42 Å². The molecule has 1 amide bonds. The highest BCUT2D eigenvalue weighted by atomic mass is 16.7. The Labute approximate surface area is 210 Å². The monoisotopic (exact) mass is 509 g/mol. The number of hydrogen-bond donors (Lipinski definition) is 1. The first-order chi connectivity index (χ1) is 16.7. The average molecular weight is 510 g/mol. The molecule has 0 fully saturated rings. The van der Waals surface area contributed by atoms with E-state index in [1.54, 1.807) is 65.8 Å². The number of rotatable bonds is 11. The van der Waals surface area contributed by atoms with Gasteiger partial charge in [-0.3, -0.25) is 14.4 Å². The van der Waals surface area contributed by atoms with Crippen LogP contribution in [0, 0.1) is 10.8 Å². The fourth-order valence-electron chi connectivity index (χ4n) is 2.31. The normalized spacial score (nSPS) is 12.1. The molecule has 0 aliphatic rings. The van der Waals surface area contributed by atoms with Gasteiger partial charge in [-0.1, -0.05) is 30.3 Å². The smallest absolute Gasteiger partial charge is 0.408 e. The van der Waals surface area contributed by atoms with Gasteiger partial charge in [-0.05, 0) is 53.5 Å². The molecule has 1 N–H and O–H groups in total. The van der Waals surface area contributed by atoms with Crippen LogP contribution in [0.15, 0.2) is 30.3 Å². The van der Waals surface area contributed by atoms with Gasteiger partial charge in [-0.15, -0.1) is 0 Å². The number of carbonyl (C=O) groups excluding carboxylic acids is 5. The maximum Gasteiger partial charge on any atom is 0.408 e. The Hall–Kier alpha value is -3.63. The van der Waals surface area contributed by atoms with Crippen molar-refractivity contribution in [2.24, 2.45) is 10.8 Å². The van der Waals surface area contributed by atoms with Crippen LogP contribution in [0.1, 0.15) is 59.9 Å². The van der Waals surface area contributed by atoms with Crippen LogP contribution in [0.5, 0.6) is 0 Å². The van der Waals surface area contributed by atoms with Crippen LogP contribution in [-0.2, 0) is 49.5 Å². The number of ether oxygens (including phenoxy) is 5. The maximum absolute atomic E-state index is 12.5. The van der Waals surface area contributed by atoms with E-state index in [-0.39, 0.29) is 19.4 Å². The largest absolute Gasteiger partial charge is 0.445 e. The topological polar surface area (TPSA) is 144 Å². The SMILES string of the molecule is CC(C)(C)C(=O)OCOC(=O)CC[C@H](NC(=O)OCc1ccccc1)C(=O)OCOC(=O)C(C)(C)C. The Bertz CT molecular complexity index is 900. The van der Waals surface area contributed by atoms with Gasteiger partial charge in [0.1, 0.15) is 12.6 Å². The summed E-state index contributed by atoms with van der Waals surface area (Å²) in [7, 11) is 0. The van der Waals surface area contributed by atoms with Crippen molar-refractivity contribution in [3.63, 3.8) is 0 Å². The molecule has 0 saturated heterocycles. The van der Waals surface area contributed by atoms with Gasteiger partial charge in [-0.2, -0.15) is 0 Å². The fourth-order valence-corrected chi connectivity index (χ4v) is 2.31. The molecule has 0 aliphatic heterocycles. The molecule has 0 saturated carbocycles. The van der Waals surface area contributed by atoms with Crippen molar-refractivity contribution in [1.82, 2.24) is 5.32 Å². The van der Waals surface area contributed by atoms with Crippen molar-refractivity contribution >= 4 is 30.0 Å². The standard InChI is InChI=1S/C25H35NO10/c1-24(2,3)21(29)35-15-33-19(27)13-12-18(20(28)34-16-36-22(30)25(4,5)6)26-23(31)32-14-17-10-8-7-9-11-17/h7-11,18H,12-16H2,1-6H3,(H,26,31)/t18-/m0/s1. The summed E-state index contributed by atoms with van der Waals surface area (Å²) in [5.74, 6) is -2.85. The summed E-state index contributed by atoms with van der Waals surface area (Å²) >= 11 is 0. The number of nitrogens with one attached hydrogen (secondary N) is 1. The van der Waals surface area contributed by atoms with E-state index in [0.717, 1.165) is 5.56 Å². The van der Waals surface area contributed by atoms with Gasteiger partial charge in [0.2, 0.25) is 13.6 Å². The second-order valence-electron chi connectivity index (χ2n) is 9.88. The molecule has 1 aromatic rings. The molecule has 11 nitrogen and oxygen atoms in total. The first-order valence-electron chi connectivity index (χ1n) is 11.3. The predicted octanol–water partition coefficient (Wildman–Crippen LogP) is 3.24. The van der Waals surface area contributed by atoms with Crippen molar-refractivity contribution < 1.29 is 47.7 Å². The number of amides is 1. The molecule has 200 valence electrons. The molecular weight excluding hydrogens is 474 g/mol. The van der Waals surface area contributed by atoms with Crippen LogP contribution < -0.4 is 5.32 Å². The van der Waals surface area contributed by atoms with Crippen molar-refractivity contribution in [2.75, 3.05) is 13.6 Å². The molecule has 1 aromatic carbocycles. The molecule has 36 heavy (non-hydrogen) atoms. The van der Waals surface area contributed by atoms with Gasteiger partial charge in [0.15, 0.2) is 0 Å². The minimum absolute atomic E-state index is 0.0428. The predicted molar refractivity (Wildman–Crippen MR) is 126 cm³/mol. The third kappa shape index (κ3) is 12.2. The van der Waals surface area contributed by atoms with Crippen LogP contribution in [0.4, 0.5) is 4.79 Å². The number of hydrogen-bond acceptors (Lipinski definition) is 10. The molecule has 11 heteroatoms. The highest BCUT2D eigenvalue weighted by Gasteiger charge is 2.27. The molecular formula is C25H35NO10. The van der Waals surface area contributed by atoms with Crippen LogP contribution in [0.3, 0.4) is 0 Å². The lowest BCUT2D eigenvalue weighted by Crippen LogP contribution is -2.43. The average Bonchev–Trinajstić information content (AvgIpc) is 2.79. The van der Waals surface area contributed by atoms with Gasteiger partial charge >= 0.3 is 30.0 Å². The van der Waals surface area contributed by atoms with Crippen molar-refractivity contribution in [1.29, 1.82) is 0 Å². The highest BCUT2D eigenvalue weighted by Crippen LogP contribution is 2.16. The van der Waals surface area contributed by atoms with Crippen LogP contribution in [0.2, 0.25) is 0 Å². The lowest BCUT2D eigenvalue weighted by Gasteiger charge is -2.19. The molecule has 1 rings (SSSR count). The van der Waals surface area contributed by atoms with E-state index in [1.807, 2.05) is 6.07 Å². The molecule has 0 aliphatic carbocycles. The summed E-state index contributed by atoms with van der Waals surface area (Å²) in [6, 6.07) is 7.58. The molecule has 0 heterocycles. The summed E-state index contributed by atoms with van der Waals surface area (Å²) in [5.41, 5.74) is -0.831. The van der Waals surface area contributed by atoms with Gasteiger partial charge in [-0.25, -0.2) is 9.59 Å². The van der Waals surface area contributed by atoms with Crippen LogP contribution in [0.25, 0.3) is 0 Å². The summed E-state index contributed by atoms with van der Waals surface area (Å²) in [4.78, 5) is 60.3. The third-order valence-corrected chi connectivity index (χ3v) is 4.45. The Morgan fingerprint density at radius 1 is 0.750 bits per heavy atom. The van der Waals surface area contributed by atoms with E-state index in [4.69, 9.17) is 23.7 Å². The van der Waals surface area contributed by atoms with Gasteiger partial charge in [0.25, 0.3) is 0 Å². The van der Waals surface area contributed by atoms with Crippen LogP contribution in [-0.4, -0.2) is 49.6 Å². The highest BCUT2D eigenvalue weighted by molar-refractivity contribution is 5.82. The summed E-state index contributed by atoms with van der Waals surface area (Å²) < 4.78 is 24.7. The maximum atomic E-state index is 12.5. The summed E-state index contributed by atoms with van der Waals surface area (Å²) in [5, 5.41) is 2.34. The third-order valence-electron chi connectivity index (χ3n) is 4.45. The number of benzene rings is 1. The lowest BCUT2D eigenvalue weighted by atomic mass is 9.97. The van der Waals surface area contributed by atoms with E-state index in [0.29, 0.717) is 0 Å². The molecule has 0 bridgehead atoms. The van der Waals surface area contributed by atoms with Crippen molar-refractivity contribution in [3.05, 3.63) is 35.9 Å². The second-order valence-corrected chi connectivity index (χ2v) is 9.88. The number of alkyl carbamates (subject to hydrolysis) is 1. The quantitative estimate of drug-likeness (QED) is 0.268. The minimum atomic E-state index is -1.30. The Morgan fingerprint density at radius 2 is 1.28 bits per heavy atom. The second kappa shape index (κ2) is 14.1. The van der Waals surface area contributed by atoms with Crippen molar-refractivity contribution in [3.8, 4) is 0 Å². The van der Waals surface area contributed by atoms with E-state index in [2.05, 4.69) is 5.32 Å². The van der Waals surface area contributed by atoms with E-state index >= 15 is 0 Å². The molecule has 0 radical (unpaired) electrons. The summed E-state index contributed by atoms with van der Waals surface area (Å²) in [6.45, 7) is 8.55. The lowest BCUT2D eigenvalue weighted by molar-refractivity contribution is -0.174. The zero-order chi connectivity index (χ0) is 27.4. The first-order valence-corrected chi connectivity index (χ1v) is 11.3. The zero-order valence-corrected chi connectivity index (χ0v) is 21.6. The van der Waals surface area contributed by atoms with Crippen molar-refractivity contribution in [2.45, 2.75) is 67.0 Å². The molecule has 0 unspecified atom stereocenters. The number of carbonyl (C=O) groups is 5. The Morgan fingerprint density at radius 3 is 1.81 bits per heavy atom. The first kappa shape index (κ1) is 30.4.